The van der Waals surface area contributed by atoms with Gasteiger partial charge in [0.15, 0.2) is 11.0 Å². The number of hydrogen-bond acceptors (Lipinski definition) is 3. The van der Waals surface area contributed by atoms with E-state index >= 15 is 0 Å². The molecule has 0 saturated heterocycles. The van der Waals surface area contributed by atoms with Gasteiger partial charge in [-0.15, -0.1) is 25.6 Å². The maximum Gasteiger partial charge on any atom is 0.490 e. The fraction of sp³-hybridized carbons (Fsp3) is 0.0909. The average Bonchev–Trinajstić information content (AvgIpc) is 2.73. The van der Waals surface area contributed by atoms with Gasteiger partial charge < -0.3 is 4.42 Å². The molecule has 0 fully saturated rings. The molecule has 0 amide bonds. The normalized spacial score (nSPS) is 11.7. The summed E-state index contributed by atoms with van der Waals surface area (Å²) in [6, 6.07) is 3.91. The monoisotopic (exact) mass is 290 g/mol. The lowest BCUT2D eigenvalue weighted by atomic mass is 10.2. The molecule has 0 radical (unpaired) electrons. The van der Waals surface area contributed by atoms with Crippen LogP contribution >= 0.6 is 12.4 Å². The second-order valence-electron chi connectivity index (χ2n) is 3.68. The van der Waals surface area contributed by atoms with Crippen LogP contribution in [0, 0.1) is 0 Å². The number of fused-ring (bicyclic) bond motifs is 3. The topological polar surface area (TPSA) is 48.0 Å². The number of alkyl halides is 3. The van der Waals surface area contributed by atoms with E-state index in [2.05, 4.69) is 4.98 Å². The number of hydrogen-bond donors (Lipinski definition) is 0. The minimum Gasteiger partial charge on any atom is -0.462 e. The van der Waals surface area contributed by atoms with Crippen LogP contribution in [0.15, 0.2) is 40.0 Å². The molecule has 3 rings (SSSR count). The quantitative estimate of drug-likeness (QED) is 0.639. The van der Waals surface area contributed by atoms with Crippen LogP contribution in [0.25, 0.3) is 22.0 Å². The van der Waals surface area contributed by atoms with Gasteiger partial charge in [0.25, 0.3) is 0 Å². The van der Waals surface area contributed by atoms with Crippen LogP contribution in [0.1, 0.15) is 0 Å². The van der Waals surface area contributed by atoms with Crippen molar-refractivity contribution in [3.8, 4) is 0 Å². The third kappa shape index (κ3) is 1.95. The highest BCUT2D eigenvalue weighted by Crippen LogP contribution is 2.30. The fourth-order valence-corrected chi connectivity index (χ4v) is 1.83. The van der Waals surface area contributed by atoms with Crippen molar-refractivity contribution in [2.24, 2.45) is 0 Å². The molecule has 0 aliphatic heterocycles. The van der Waals surface area contributed by atoms with Crippen molar-refractivity contribution in [2.75, 3.05) is 0 Å². The van der Waals surface area contributed by atoms with Gasteiger partial charge in [-0.1, -0.05) is 0 Å². The first-order valence-electron chi connectivity index (χ1n) is 4.93. The first-order valence-corrected chi connectivity index (χ1v) is 4.93. The molecule has 8 heteroatoms. The Labute approximate surface area is 109 Å². The minimum absolute atomic E-state index is 0. The zero-order valence-corrected chi connectivity index (χ0v) is 9.96. The summed E-state index contributed by atoms with van der Waals surface area (Å²) in [6.45, 7) is 0. The van der Waals surface area contributed by atoms with Gasteiger partial charge in [0.05, 0.1) is 17.2 Å². The van der Waals surface area contributed by atoms with E-state index in [4.69, 9.17) is 4.42 Å². The number of rotatable bonds is 0. The van der Waals surface area contributed by atoms with E-state index in [9.17, 15) is 18.0 Å². The van der Waals surface area contributed by atoms with Crippen molar-refractivity contribution in [3.63, 3.8) is 0 Å². The SMILES string of the molecule is Cl.O=c1ccoc2c1ccc1ncn(C(F)(F)F)c12. The maximum atomic E-state index is 12.8. The molecule has 4 nitrogen and oxygen atoms in total. The van der Waals surface area contributed by atoms with Gasteiger partial charge in [-0.25, -0.2) is 9.55 Å². The van der Waals surface area contributed by atoms with Crippen LogP contribution in [0.3, 0.4) is 0 Å². The van der Waals surface area contributed by atoms with Crippen molar-refractivity contribution in [2.45, 2.75) is 6.30 Å². The number of nitrogens with zero attached hydrogens (tertiary/aromatic N) is 2. The number of imidazole rings is 1. The zero-order valence-electron chi connectivity index (χ0n) is 9.14. The molecule has 3 aromatic rings. The fourth-order valence-electron chi connectivity index (χ4n) is 1.83. The van der Waals surface area contributed by atoms with Crippen molar-refractivity contribution in [1.82, 2.24) is 9.55 Å². The Morgan fingerprint density at radius 3 is 2.63 bits per heavy atom. The number of halogens is 4. The molecule has 0 atom stereocenters. The smallest absolute Gasteiger partial charge is 0.462 e. The van der Waals surface area contributed by atoms with E-state index in [1.807, 2.05) is 0 Å². The van der Waals surface area contributed by atoms with Crippen molar-refractivity contribution >= 4 is 34.4 Å². The first kappa shape index (κ1) is 13.4. The summed E-state index contributed by atoms with van der Waals surface area (Å²) in [5.74, 6) is 0. The standard InChI is InChI=1S/C11H5F3N2O2.ClH/c12-11(13,14)16-5-15-7-2-1-6-8(17)3-4-18-10(6)9(7)16;/h1-5H;1H. The molecule has 100 valence electrons. The van der Waals surface area contributed by atoms with Crippen LogP contribution in [-0.4, -0.2) is 9.55 Å². The summed E-state index contributed by atoms with van der Waals surface area (Å²) < 4.78 is 43.4. The first-order chi connectivity index (χ1) is 8.48. The molecule has 2 heterocycles. The van der Waals surface area contributed by atoms with Gasteiger partial charge in [0.2, 0.25) is 0 Å². The highest BCUT2D eigenvalue weighted by Gasteiger charge is 2.33. The highest BCUT2D eigenvalue weighted by atomic mass is 35.5. The Morgan fingerprint density at radius 2 is 1.95 bits per heavy atom. The second kappa shape index (κ2) is 4.27. The lowest BCUT2D eigenvalue weighted by molar-refractivity contribution is -0.200. The van der Waals surface area contributed by atoms with Crippen LogP contribution in [0.4, 0.5) is 13.2 Å². The van der Waals surface area contributed by atoms with Gasteiger partial charge in [0.1, 0.15) is 11.8 Å². The Kier molecular flexibility index (Phi) is 3.01. The molecule has 19 heavy (non-hydrogen) atoms. The number of aromatic nitrogens is 2. The van der Waals surface area contributed by atoms with E-state index in [-0.39, 0.29) is 39.0 Å². The molecule has 0 saturated carbocycles. The lowest BCUT2D eigenvalue weighted by Crippen LogP contribution is -2.15. The predicted molar refractivity (Wildman–Crippen MR) is 64.3 cm³/mol. The van der Waals surface area contributed by atoms with E-state index < -0.39 is 11.7 Å². The predicted octanol–water partition coefficient (Wildman–Crippen LogP) is 3.04. The van der Waals surface area contributed by atoms with Crippen LogP contribution < -0.4 is 5.43 Å². The van der Waals surface area contributed by atoms with E-state index in [1.165, 1.54) is 12.1 Å². The molecule has 0 aliphatic carbocycles. The molecule has 1 aromatic carbocycles. The largest absolute Gasteiger partial charge is 0.490 e. The molecule has 0 N–H and O–H groups in total. The van der Waals surface area contributed by atoms with Crippen LogP contribution in [0.2, 0.25) is 0 Å². The second-order valence-corrected chi connectivity index (χ2v) is 3.68. The summed E-state index contributed by atoms with van der Waals surface area (Å²) in [7, 11) is 0. The van der Waals surface area contributed by atoms with Crippen molar-refractivity contribution in [3.05, 3.63) is 41.0 Å². The van der Waals surface area contributed by atoms with Crippen molar-refractivity contribution < 1.29 is 17.6 Å². The Morgan fingerprint density at radius 1 is 1.21 bits per heavy atom. The zero-order chi connectivity index (χ0) is 12.9. The molecular formula is C11H6ClF3N2O2. The third-order valence-corrected chi connectivity index (χ3v) is 2.61. The molecule has 0 unspecified atom stereocenters. The maximum absolute atomic E-state index is 12.8. The van der Waals surface area contributed by atoms with Gasteiger partial charge in [-0.3, -0.25) is 4.79 Å². The van der Waals surface area contributed by atoms with E-state index in [0.29, 0.717) is 6.33 Å². The van der Waals surface area contributed by atoms with E-state index in [1.54, 1.807) is 0 Å². The van der Waals surface area contributed by atoms with Crippen LogP contribution in [-0.2, 0) is 6.30 Å². The summed E-state index contributed by atoms with van der Waals surface area (Å²) in [5, 5.41) is 0.0935. The van der Waals surface area contributed by atoms with Gasteiger partial charge in [0, 0.05) is 6.07 Å². The molecule has 0 spiro atoms. The molecule has 2 aromatic heterocycles. The summed E-state index contributed by atoms with van der Waals surface area (Å²) >= 11 is 0. The Balaban J connectivity index is 0.00000133. The van der Waals surface area contributed by atoms with Crippen molar-refractivity contribution in [1.29, 1.82) is 0 Å². The lowest BCUT2D eigenvalue weighted by Gasteiger charge is -2.08. The van der Waals surface area contributed by atoms with Crippen LogP contribution in [0.5, 0.6) is 0 Å². The minimum atomic E-state index is -4.61. The summed E-state index contributed by atoms with van der Waals surface area (Å²) in [6.07, 6.45) is -2.88. The molecule has 0 bridgehead atoms. The van der Waals surface area contributed by atoms with Gasteiger partial charge >= 0.3 is 6.30 Å². The van der Waals surface area contributed by atoms with E-state index in [0.717, 1.165) is 12.3 Å². The summed E-state index contributed by atoms with van der Waals surface area (Å²) in [4.78, 5) is 15.2. The molecule has 0 aliphatic rings. The Bertz CT molecular complexity index is 807. The number of benzene rings is 1. The van der Waals surface area contributed by atoms with Gasteiger partial charge in [-0.2, -0.15) is 0 Å². The summed E-state index contributed by atoms with van der Waals surface area (Å²) in [5.41, 5.74) is -0.644. The third-order valence-electron chi connectivity index (χ3n) is 2.61. The average molecular weight is 291 g/mol. The van der Waals surface area contributed by atoms with Gasteiger partial charge in [-0.05, 0) is 12.1 Å². The molecular weight excluding hydrogens is 285 g/mol. The Hall–Kier alpha value is -2.02. The highest BCUT2D eigenvalue weighted by molar-refractivity contribution is 6.00.